The van der Waals surface area contributed by atoms with E-state index in [1.807, 2.05) is 36.4 Å². The maximum Gasteiger partial charge on any atom is 0.176 e. The highest BCUT2D eigenvalue weighted by Gasteiger charge is 2.34. The van der Waals surface area contributed by atoms with Gasteiger partial charge in [-0.2, -0.15) is 0 Å². The number of carbonyl (C=O) groups excluding carboxylic acids is 2. The number of Topliss-reactive ketones (excluding diaryl/α,β-unsaturated/α-hetero) is 1. The lowest BCUT2D eigenvalue weighted by atomic mass is 9.79. The maximum absolute atomic E-state index is 13.0. The molecule has 3 aromatic rings. The van der Waals surface area contributed by atoms with Crippen molar-refractivity contribution >= 4 is 28.4 Å². The van der Waals surface area contributed by atoms with Crippen LogP contribution < -0.4 is 4.74 Å². The molecule has 0 spiro atoms. The van der Waals surface area contributed by atoms with Gasteiger partial charge in [-0.3, -0.25) is 9.59 Å². The molecular formula is C24H22O4. The van der Waals surface area contributed by atoms with E-state index in [1.54, 1.807) is 38.1 Å². The van der Waals surface area contributed by atoms with Crippen LogP contribution in [0.15, 0.2) is 66.7 Å². The van der Waals surface area contributed by atoms with E-state index in [0.29, 0.717) is 16.9 Å². The summed E-state index contributed by atoms with van der Waals surface area (Å²) in [6.07, 6.45) is 3.00. The highest BCUT2D eigenvalue weighted by atomic mass is 16.5. The van der Waals surface area contributed by atoms with Gasteiger partial charge in [0, 0.05) is 5.56 Å². The summed E-state index contributed by atoms with van der Waals surface area (Å²) in [6.45, 7) is 3.27. The molecule has 0 amide bonds. The third kappa shape index (κ3) is 3.81. The highest BCUT2D eigenvalue weighted by Crippen LogP contribution is 2.28. The number of hydrogen-bond acceptors (Lipinski definition) is 4. The van der Waals surface area contributed by atoms with E-state index in [0.717, 1.165) is 10.8 Å². The summed E-state index contributed by atoms with van der Waals surface area (Å²) in [5.74, 6) is -0.173. The van der Waals surface area contributed by atoms with Crippen LogP contribution in [0.2, 0.25) is 0 Å². The van der Waals surface area contributed by atoms with Crippen LogP contribution >= 0.6 is 0 Å². The molecule has 0 aliphatic carbocycles. The van der Waals surface area contributed by atoms with E-state index in [1.165, 1.54) is 19.3 Å². The molecule has 0 aliphatic rings. The Kier molecular flexibility index (Phi) is 5.32. The van der Waals surface area contributed by atoms with Crippen molar-refractivity contribution in [2.75, 3.05) is 7.11 Å². The van der Waals surface area contributed by atoms with Gasteiger partial charge in [-0.05, 0) is 54.5 Å². The Balaban J connectivity index is 1.83. The minimum absolute atomic E-state index is 0.0257. The molecule has 0 radical (unpaired) electrons. The van der Waals surface area contributed by atoms with Crippen molar-refractivity contribution in [3.63, 3.8) is 0 Å². The Morgan fingerprint density at radius 3 is 2.39 bits per heavy atom. The highest BCUT2D eigenvalue weighted by molar-refractivity contribution is 6.18. The molecule has 28 heavy (non-hydrogen) atoms. The summed E-state index contributed by atoms with van der Waals surface area (Å²) in [5.41, 5.74) is 0.00802. The van der Waals surface area contributed by atoms with E-state index in [2.05, 4.69) is 0 Å². The minimum Gasteiger partial charge on any atom is -0.504 e. The van der Waals surface area contributed by atoms with Gasteiger partial charge < -0.3 is 9.84 Å². The molecule has 0 bridgehead atoms. The van der Waals surface area contributed by atoms with Gasteiger partial charge in [0.2, 0.25) is 0 Å². The molecule has 4 heteroatoms. The first-order chi connectivity index (χ1) is 13.3. The lowest BCUT2D eigenvalue weighted by Crippen LogP contribution is -2.32. The normalized spacial score (nSPS) is 11.7. The van der Waals surface area contributed by atoms with Crippen molar-refractivity contribution in [3.8, 4) is 11.5 Å². The predicted molar refractivity (Wildman–Crippen MR) is 111 cm³/mol. The Hall–Kier alpha value is -3.40. The Labute approximate surface area is 164 Å². The second kappa shape index (κ2) is 7.69. The molecule has 0 fully saturated rings. The van der Waals surface area contributed by atoms with E-state index in [4.69, 9.17) is 4.74 Å². The summed E-state index contributed by atoms with van der Waals surface area (Å²) in [5, 5.41) is 11.7. The number of ketones is 2. The fraction of sp³-hybridized carbons (Fsp3) is 0.167. The Morgan fingerprint density at radius 1 is 0.964 bits per heavy atom. The zero-order valence-corrected chi connectivity index (χ0v) is 16.1. The van der Waals surface area contributed by atoms with Crippen LogP contribution in [0.25, 0.3) is 16.8 Å². The van der Waals surface area contributed by atoms with Crippen LogP contribution in [0.3, 0.4) is 0 Å². The number of ether oxygens (including phenoxy) is 1. The molecule has 0 heterocycles. The second-order valence-electron chi connectivity index (χ2n) is 7.14. The number of phenolic OH excluding ortho intramolecular Hbond substituents is 1. The zero-order valence-electron chi connectivity index (χ0n) is 16.1. The number of allylic oxidation sites excluding steroid dienone is 1. The zero-order chi connectivity index (χ0) is 20.3. The second-order valence-corrected chi connectivity index (χ2v) is 7.14. The molecule has 0 saturated carbocycles. The van der Waals surface area contributed by atoms with Crippen molar-refractivity contribution in [2.24, 2.45) is 5.41 Å². The largest absolute Gasteiger partial charge is 0.504 e. The molecule has 0 unspecified atom stereocenters. The third-order valence-electron chi connectivity index (χ3n) is 4.83. The van der Waals surface area contributed by atoms with Crippen molar-refractivity contribution in [2.45, 2.75) is 13.8 Å². The number of hydrogen-bond donors (Lipinski definition) is 1. The summed E-state index contributed by atoms with van der Waals surface area (Å²) < 4.78 is 5.07. The average Bonchev–Trinajstić information content (AvgIpc) is 2.71. The van der Waals surface area contributed by atoms with Crippen molar-refractivity contribution < 1.29 is 19.4 Å². The molecule has 0 saturated heterocycles. The predicted octanol–water partition coefficient (Wildman–Crippen LogP) is 5.05. The van der Waals surface area contributed by atoms with Gasteiger partial charge in [0.15, 0.2) is 23.1 Å². The quantitative estimate of drug-likeness (QED) is 0.373. The molecule has 0 atom stereocenters. The SMILES string of the molecule is COc1cc(/C=C/C(=O)C(C)(C)C(=O)c2ccc3ccccc3c2)ccc1O. The van der Waals surface area contributed by atoms with E-state index < -0.39 is 5.41 Å². The first-order valence-electron chi connectivity index (χ1n) is 8.96. The van der Waals surface area contributed by atoms with Crippen LogP contribution in [0.1, 0.15) is 29.8 Å². The van der Waals surface area contributed by atoms with Gasteiger partial charge in [-0.15, -0.1) is 0 Å². The monoisotopic (exact) mass is 374 g/mol. The minimum atomic E-state index is -1.19. The number of benzene rings is 3. The smallest absolute Gasteiger partial charge is 0.176 e. The molecule has 0 aromatic heterocycles. The summed E-state index contributed by atoms with van der Waals surface area (Å²) in [4.78, 5) is 25.7. The van der Waals surface area contributed by atoms with Gasteiger partial charge in [0.1, 0.15) is 0 Å². The van der Waals surface area contributed by atoms with Gasteiger partial charge in [-0.25, -0.2) is 0 Å². The van der Waals surface area contributed by atoms with E-state index in [-0.39, 0.29) is 17.3 Å². The number of aromatic hydroxyl groups is 1. The lowest BCUT2D eigenvalue weighted by molar-refractivity contribution is -0.120. The van der Waals surface area contributed by atoms with Gasteiger partial charge in [-0.1, -0.05) is 48.5 Å². The van der Waals surface area contributed by atoms with Crippen LogP contribution in [0.5, 0.6) is 11.5 Å². The van der Waals surface area contributed by atoms with Gasteiger partial charge >= 0.3 is 0 Å². The molecule has 3 rings (SSSR count). The number of methoxy groups -OCH3 is 1. The summed E-state index contributed by atoms with van der Waals surface area (Å²) in [7, 11) is 1.46. The fourth-order valence-corrected chi connectivity index (χ4v) is 2.98. The third-order valence-corrected chi connectivity index (χ3v) is 4.83. The Morgan fingerprint density at radius 2 is 1.68 bits per heavy atom. The standard InChI is InChI=1S/C24H22O4/c1-24(2,22(26)13-9-16-8-12-20(25)21(14-16)28-3)23(27)19-11-10-17-6-4-5-7-18(17)15-19/h4-15,25H,1-3H3/b13-9+. The van der Waals surface area contributed by atoms with Crippen LogP contribution in [-0.2, 0) is 4.79 Å². The van der Waals surface area contributed by atoms with Crippen molar-refractivity contribution in [1.82, 2.24) is 0 Å². The average molecular weight is 374 g/mol. The Bertz CT molecular complexity index is 1080. The lowest BCUT2D eigenvalue weighted by Gasteiger charge is -2.20. The van der Waals surface area contributed by atoms with E-state index in [9.17, 15) is 14.7 Å². The van der Waals surface area contributed by atoms with Crippen molar-refractivity contribution in [3.05, 3.63) is 77.9 Å². The molecule has 1 N–H and O–H groups in total. The fourth-order valence-electron chi connectivity index (χ4n) is 2.98. The van der Waals surface area contributed by atoms with Crippen LogP contribution in [-0.4, -0.2) is 23.8 Å². The van der Waals surface area contributed by atoms with Crippen LogP contribution in [0.4, 0.5) is 0 Å². The molecule has 0 aliphatic heterocycles. The van der Waals surface area contributed by atoms with Gasteiger partial charge in [0.05, 0.1) is 12.5 Å². The topological polar surface area (TPSA) is 63.6 Å². The summed E-state index contributed by atoms with van der Waals surface area (Å²) >= 11 is 0. The number of fused-ring (bicyclic) bond motifs is 1. The first kappa shape index (κ1) is 19.4. The number of phenols is 1. The molecule has 4 nitrogen and oxygen atoms in total. The van der Waals surface area contributed by atoms with E-state index >= 15 is 0 Å². The molecular weight excluding hydrogens is 352 g/mol. The van der Waals surface area contributed by atoms with Crippen molar-refractivity contribution in [1.29, 1.82) is 0 Å². The molecule has 142 valence electrons. The number of rotatable bonds is 6. The van der Waals surface area contributed by atoms with Crippen LogP contribution in [0, 0.1) is 5.41 Å². The summed E-state index contributed by atoms with van der Waals surface area (Å²) in [6, 6.07) is 18.0. The number of carbonyl (C=O) groups is 2. The molecule has 3 aromatic carbocycles. The van der Waals surface area contributed by atoms with Gasteiger partial charge in [0.25, 0.3) is 0 Å². The first-order valence-corrected chi connectivity index (χ1v) is 8.96. The maximum atomic E-state index is 13.0.